The van der Waals surface area contributed by atoms with E-state index in [0.29, 0.717) is 29.5 Å². The maximum atomic E-state index is 13.2. The monoisotopic (exact) mass is 400 g/mol. The van der Waals surface area contributed by atoms with Crippen LogP contribution in [0.1, 0.15) is 98.8 Å². The van der Waals surface area contributed by atoms with Gasteiger partial charge in [-0.2, -0.15) is 0 Å². The van der Waals surface area contributed by atoms with E-state index in [1.807, 2.05) is 0 Å². The molecule has 164 valence electrons. The number of ketones is 1. The van der Waals surface area contributed by atoms with Crippen LogP contribution in [0, 0.1) is 46.3 Å². The summed E-state index contributed by atoms with van der Waals surface area (Å²) in [7, 11) is 0. The van der Waals surface area contributed by atoms with Gasteiger partial charge in [-0.05, 0) is 91.4 Å². The fourth-order valence-corrected chi connectivity index (χ4v) is 8.37. The molecule has 0 aromatic carbocycles. The number of aliphatic hydroxyl groups excluding tert-OH is 1. The Bertz CT molecular complexity index is 663. The lowest BCUT2D eigenvalue weighted by Crippen LogP contribution is -2.52. The Morgan fingerprint density at radius 2 is 1.66 bits per heavy atom. The fraction of sp³-hybridized carbons (Fsp3) is 0.889. The normalized spacial score (nSPS) is 45.4. The third-order valence-corrected chi connectivity index (χ3v) is 10.1. The second-order valence-electron chi connectivity index (χ2n) is 12.2. The van der Waals surface area contributed by atoms with Crippen LogP contribution in [0.2, 0.25) is 0 Å². The number of hydrogen-bond acceptors (Lipinski definition) is 2. The zero-order valence-electron chi connectivity index (χ0n) is 19.5. The predicted octanol–water partition coefficient (Wildman–Crippen LogP) is 6.57. The smallest absolute Gasteiger partial charge is 0.159 e. The number of allylic oxidation sites excluding steroid dienone is 2. The molecule has 2 nitrogen and oxygen atoms in total. The highest BCUT2D eigenvalue weighted by Crippen LogP contribution is 2.66. The van der Waals surface area contributed by atoms with Crippen molar-refractivity contribution in [3.8, 4) is 0 Å². The topological polar surface area (TPSA) is 37.3 Å². The molecule has 2 heteroatoms. The first-order valence-electron chi connectivity index (χ1n) is 12.6. The Morgan fingerprint density at radius 3 is 2.38 bits per heavy atom. The maximum Gasteiger partial charge on any atom is 0.159 e. The van der Waals surface area contributed by atoms with Crippen molar-refractivity contribution >= 4 is 5.78 Å². The van der Waals surface area contributed by atoms with Crippen molar-refractivity contribution in [3.05, 3.63) is 11.6 Å². The molecule has 0 bridgehead atoms. The zero-order chi connectivity index (χ0) is 21.0. The second kappa shape index (κ2) is 7.81. The Balaban J connectivity index is 1.55. The second-order valence-corrected chi connectivity index (χ2v) is 12.2. The Hall–Kier alpha value is -0.630. The molecule has 0 radical (unpaired) electrons. The molecule has 8 unspecified atom stereocenters. The van der Waals surface area contributed by atoms with Gasteiger partial charge in [0.1, 0.15) is 0 Å². The van der Waals surface area contributed by atoms with E-state index in [1.165, 1.54) is 50.5 Å². The number of hydrogen-bond donors (Lipinski definition) is 1. The summed E-state index contributed by atoms with van der Waals surface area (Å²) in [6, 6.07) is 0. The van der Waals surface area contributed by atoms with E-state index in [9.17, 15) is 9.90 Å². The van der Waals surface area contributed by atoms with Gasteiger partial charge in [-0.25, -0.2) is 0 Å². The van der Waals surface area contributed by atoms with E-state index in [1.54, 1.807) is 0 Å². The van der Waals surface area contributed by atoms with Crippen LogP contribution in [-0.4, -0.2) is 17.0 Å². The Morgan fingerprint density at radius 1 is 0.966 bits per heavy atom. The van der Waals surface area contributed by atoms with E-state index < -0.39 is 0 Å². The largest absolute Gasteiger partial charge is 0.393 e. The minimum atomic E-state index is -0.275. The van der Waals surface area contributed by atoms with Crippen molar-refractivity contribution in [3.63, 3.8) is 0 Å². The first kappa shape index (κ1) is 21.6. The highest BCUT2D eigenvalue weighted by Gasteiger charge is 2.59. The summed E-state index contributed by atoms with van der Waals surface area (Å²) in [6.45, 7) is 12.1. The highest BCUT2D eigenvalue weighted by molar-refractivity contribution is 5.94. The van der Waals surface area contributed by atoms with Crippen molar-refractivity contribution in [2.24, 2.45) is 46.3 Å². The van der Waals surface area contributed by atoms with E-state index in [0.717, 1.165) is 30.6 Å². The fourth-order valence-electron chi connectivity index (χ4n) is 8.37. The van der Waals surface area contributed by atoms with Crippen LogP contribution in [0.4, 0.5) is 0 Å². The molecule has 4 aliphatic rings. The molecule has 0 aliphatic heterocycles. The van der Waals surface area contributed by atoms with Crippen LogP contribution in [-0.2, 0) is 4.79 Å². The SMILES string of the molecule is CC(C)CCCC(C)C1CCC2C3=CC(=O)C4CC(O)CCC4(C)C3CCC21C. The summed E-state index contributed by atoms with van der Waals surface area (Å²) in [6.07, 6.45) is 13.7. The summed E-state index contributed by atoms with van der Waals surface area (Å²) in [5.74, 6) is 4.00. The Kier molecular flexibility index (Phi) is 5.82. The van der Waals surface area contributed by atoms with Gasteiger partial charge in [-0.1, -0.05) is 59.5 Å². The molecule has 0 saturated heterocycles. The van der Waals surface area contributed by atoms with Gasteiger partial charge in [0.05, 0.1) is 6.10 Å². The van der Waals surface area contributed by atoms with E-state index in [2.05, 4.69) is 40.7 Å². The third kappa shape index (κ3) is 3.56. The molecule has 29 heavy (non-hydrogen) atoms. The summed E-state index contributed by atoms with van der Waals surface area (Å²) in [5.41, 5.74) is 2.00. The van der Waals surface area contributed by atoms with Crippen LogP contribution in [0.15, 0.2) is 11.6 Å². The standard InChI is InChI=1S/C27H44O2/c1-17(2)7-6-8-18(3)21-9-10-22-20-16-25(29)24-15-19(28)11-13-27(24,5)23(20)12-14-26(21,22)4/h16-19,21-24,28H,6-15H2,1-5H3. The molecule has 3 fully saturated rings. The van der Waals surface area contributed by atoms with Crippen molar-refractivity contribution in [1.82, 2.24) is 0 Å². The van der Waals surface area contributed by atoms with Gasteiger partial charge in [0, 0.05) is 5.92 Å². The van der Waals surface area contributed by atoms with Gasteiger partial charge < -0.3 is 5.11 Å². The van der Waals surface area contributed by atoms with Crippen molar-refractivity contribution in [2.75, 3.05) is 0 Å². The molecule has 1 N–H and O–H groups in total. The van der Waals surface area contributed by atoms with Crippen molar-refractivity contribution in [2.45, 2.75) is 105 Å². The molecule has 4 rings (SSSR count). The summed E-state index contributed by atoms with van der Waals surface area (Å²) in [5, 5.41) is 10.2. The molecule has 0 aromatic rings. The van der Waals surface area contributed by atoms with Crippen LogP contribution in [0.5, 0.6) is 0 Å². The molecule has 8 atom stereocenters. The lowest BCUT2D eigenvalue weighted by Gasteiger charge is -2.57. The van der Waals surface area contributed by atoms with E-state index >= 15 is 0 Å². The number of rotatable bonds is 5. The van der Waals surface area contributed by atoms with Gasteiger partial charge in [0.15, 0.2) is 5.78 Å². The molecule has 4 aliphatic carbocycles. The molecule has 0 amide bonds. The van der Waals surface area contributed by atoms with Gasteiger partial charge >= 0.3 is 0 Å². The maximum absolute atomic E-state index is 13.2. The van der Waals surface area contributed by atoms with Crippen molar-refractivity contribution < 1.29 is 9.90 Å². The number of fused-ring (bicyclic) bond motifs is 5. The van der Waals surface area contributed by atoms with Crippen LogP contribution in [0.3, 0.4) is 0 Å². The van der Waals surface area contributed by atoms with Gasteiger partial charge in [0.2, 0.25) is 0 Å². The van der Waals surface area contributed by atoms with Crippen LogP contribution < -0.4 is 0 Å². The van der Waals surface area contributed by atoms with Crippen molar-refractivity contribution in [1.29, 1.82) is 0 Å². The first-order chi connectivity index (χ1) is 13.7. The molecular weight excluding hydrogens is 356 g/mol. The van der Waals surface area contributed by atoms with Crippen LogP contribution in [0.25, 0.3) is 0 Å². The van der Waals surface area contributed by atoms with Gasteiger partial charge in [0.25, 0.3) is 0 Å². The number of carbonyl (C=O) groups is 1. The van der Waals surface area contributed by atoms with E-state index in [4.69, 9.17) is 0 Å². The molecule has 0 heterocycles. The minimum Gasteiger partial charge on any atom is -0.393 e. The summed E-state index contributed by atoms with van der Waals surface area (Å²) >= 11 is 0. The molecular formula is C27H44O2. The highest BCUT2D eigenvalue weighted by atomic mass is 16.3. The zero-order valence-corrected chi connectivity index (χ0v) is 19.5. The third-order valence-electron chi connectivity index (χ3n) is 10.1. The Labute approximate surface area is 178 Å². The lowest BCUT2D eigenvalue weighted by atomic mass is 9.47. The average Bonchev–Trinajstić information content (AvgIpc) is 3.00. The summed E-state index contributed by atoms with van der Waals surface area (Å²) < 4.78 is 0. The van der Waals surface area contributed by atoms with Crippen LogP contribution >= 0.6 is 0 Å². The van der Waals surface area contributed by atoms with E-state index in [-0.39, 0.29) is 17.4 Å². The molecule has 3 saturated carbocycles. The predicted molar refractivity (Wildman–Crippen MR) is 119 cm³/mol. The molecule has 0 spiro atoms. The summed E-state index contributed by atoms with van der Waals surface area (Å²) in [4.78, 5) is 13.2. The van der Waals surface area contributed by atoms with Gasteiger partial charge in [-0.3, -0.25) is 4.79 Å². The average molecular weight is 401 g/mol. The lowest BCUT2D eigenvalue weighted by molar-refractivity contribution is -0.132. The van der Waals surface area contributed by atoms with Gasteiger partial charge in [-0.15, -0.1) is 0 Å². The first-order valence-corrected chi connectivity index (χ1v) is 12.6. The molecule has 0 aromatic heterocycles. The minimum absolute atomic E-state index is 0.0523. The quantitative estimate of drug-likeness (QED) is 0.567. The number of carbonyl (C=O) groups excluding carboxylic acids is 1. The number of aliphatic hydroxyl groups is 1.